The molecule has 3 aromatic carbocycles. The number of aryl methyl sites for hydroxylation is 1. The Bertz CT molecular complexity index is 1200. The van der Waals surface area contributed by atoms with E-state index in [1.54, 1.807) is 67.8 Å². The fourth-order valence-corrected chi connectivity index (χ4v) is 4.28. The molecule has 0 aliphatic rings. The molecule has 5 heteroatoms. The fourth-order valence-electron chi connectivity index (χ4n) is 4.28. The first kappa shape index (κ1) is 27.9. The van der Waals surface area contributed by atoms with Crippen LogP contribution < -0.4 is 4.74 Å². The first-order valence-electron chi connectivity index (χ1n) is 13.1. The number of carbonyl (C=O) groups is 3. The van der Waals surface area contributed by atoms with E-state index in [4.69, 9.17) is 9.47 Å². The van der Waals surface area contributed by atoms with Gasteiger partial charge in [0.15, 0.2) is 11.6 Å². The van der Waals surface area contributed by atoms with Crippen LogP contribution in [0.25, 0.3) is 0 Å². The molecule has 0 heterocycles. The molecule has 3 rings (SSSR count). The summed E-state index contributed by atoms with van der Waals surface area (Å²) in [4.78, 5) is 41.1. The van der Waals surface area contributed by atoms with Gasteiger partial charge >= 0.3 is 5.97 Å². The standard InChI is InChI=1S/C32H36O5/c1-4-6-8-12-22-37-32(35)27-21-18-23(13-7-5-2)28(30(33)24-14-10-9-11-15-24)29(27)31(34)25-16-19-26(36-3)20-17-25/h9-11,14-21H,4-8,12-13,22H2,1-3H3. The van der Waals surface area contributed by atoms with Crippen molar-refractivity contribution in [3.05, 3.63) is 100 Å². The van der Waals surface area contributed by atoms with E-state index >= 15 is 0 Å². The minimum absolute atomic E-state index is 0.103. The lowest BCUT2D eigenvalue weighted by atomic mass is 9.85. The molecule has 5 nitrogen and oxygen atoms in total. The number of ketones is 2. The predicted molar refractivity (Wildman–Crippen MR) is 146 cm³/mol. The molecule has 3 aromatic rings. The van der Waals surface area contributed by atoms with Crippen LogP contribution >= 0.6 is 0 Å². The van der Waals surface area contributed by atoms with Gasteiger partial charge in [-0.2, -0.15) is 0 Å². The van der Waals surface area contributed by atoms with Gasteiger partial charge in [-0.25, -0.2) is 4.79 Å². The topological polar surface area (TPSA) is 69.7 Å². The third-order valence-electron chi connectivity index (χ3n) is 6.38. The number of unbranched alkanes of at least 4 members (excludes halogenated alkanes) is 4. The van der Waals surface area contributed by atoms with Crippen LogP contribution in [0.3, 0.4) is 0 Å². The number of carbonyl (C=O) groups excluding carboxylic acids is 3. The molecule has 0 aliphatic carbocycles. The van der Waals surface area contributed by atoms with Crippen molar-refractivity contribution < 1.29 is 23.9 Å². The summed E-state index contributed by atoms with van der Waals surface area (Å²) in [7, 11) is 1.55. The van der Waals surface area contributed by atoms with Gasteiger partial charge in [0.1, 0.15) is 5.75 Å². The van der Waals surface area contributed by atoms with Gasteiger partial charge in [0.2, 0.25) is 0 Å². The third-order valence-corrected chi connectivity index (χ3v) is 6.38. The van der Waals surface area contributed by atoms with Crippen LogP contribution in [0.2, 0.25) is 0 Å². The lowest BCUT2D eigenvalue weighted by Crippen LogP contribution is -2.20. The number of hydrogen-bond acceptors (Lipinski definition) is 5. The zero-order valence-corrected chi connectivity index (χ0v) is 22.0. The van der Waals surface area contributed by atoms with Crippen LogP contribution in [0.4, 0.5) is 0 Å². The van der Waals surface area contributed by atoms with Gasteiger partial charge in [-0.3, -0.25) is 9.59 Å². The lowest BCUT2D eigenvalue weighted by Gasteiger charge is -2.18. The highest BCUT2D eigenvalue weighted by molar-refractivity contribution is 6.23. The lowest BCUT2D eigenvalue weighted by molar-refractivity contribution is 0.0495. The molecule has 0 fully saturated rings. The second-order valence-electron chi connectivity index (χ2n) is 9.08. The molecule has 0 amide bonds. The molecule has 0 unspecified atom stereocenters. The third kappa shape index (κ3) is 7.16. The first-order valence-corrected chi connectivity index (χ1v) is 13.1. The average molecular weight is 501 g/mol. The van der Waals surface area contributed by atoms with Crippen molar-refractivity contribution in [2.24, 2.45) is 0 Å². The average Bonchev–Trinajstić information content (AvgIpc) is 2.95. The van der Waals surface area contributed by atoms with Gasteiger partial charge in [-0.1, -0.05) is 75.9 Å². The van der Waals surface area contributed by atoms with Crippen LogP contribution in [0, 0.1) is 0 Å². The molecular formula is C32H36O5. The maximum Gasteiger partial charge on any atom is 0.338 e. The predicted octanol–water partition coefficient (Wildman–Crippen LogP) is 7.24. The van der Waals surface area contributed by atoms with E-state index in [1.165, 1.54) is 0 Å². The van der Waals surface area contributed by atoms with Crippen molar-refractivity contribution in [1.29, 1.82) is 0 Å². The Morgan fingerprint density at radius 2 is 1.32 bits per heavy atom. The number of benzene rings is 3. The van der Waals surface area contributed by atoms with E-state index < -0.39 is 11.8 Å². The summed E-state index contributed by atoms with van der Waals surface area (Å²) < 4.78 is 10.8. The fraction of sp³-hybridized carbons (Fsp3) is 0.344. The second kappa shape index (κ2) is 14.1. The molecule has 0 saturated heterocycles. The van der Waals surface area contributed by atoms with Gasteiger partial charge < -0.3 is 9.47 Å². The summed E-state index contributed by atoms with van der Waals surface area (Å²) in [6, 6.07) is 19.0. The summed E-state index contributed by atoms with van der Waals surface area (Å²) in [5, 5.41) is 0. The highest BCUT2D eigenvalue weighted by Crippen LogP contribution is 2.28. The van der Waals surface area contributed by atoms with Crippen molar-refractivity contribution >= 4 is 17.5 Å². The maximum atomic E-state index is 14.0. The Labute approximate surface area is 219 Å². The van der Waals surface area contributed by atoms with Gasteiger partial charge in [0, 0.05) is 22.3 Å². The van der Waals surface area contributed by atoms with Crippen LogP contribution in [-0.4, -0.2) is 31.3 Å². The molecule has 0 radical (unpaired) electrons. The van der Waals surface area contributed by atoms with Gasteiger partial charge in [-0.05, 0) is 55.2 Å². The van der Waals surface area contributed by atoms with Crippen molar-refractivity contribution in [2.75, 3.05) is 13.7 Å². The maximum absolute atomic E-state index is 14.0. The molecular weight excluding hydrogens is 464 g/mol. The van der Waals surface area contributed by atoms with Gasteiger partial charge in [-0.15, -0.1) is 0 Å². The Morgan fingerprint density at radius 1 is 0.676 bits per heavy atom. The molecule has 0 aliphatic heterocycles. The summed E-state index contributed by atoms with van der Waals surface area (Å²) in [6.07, 6.45) is 6.29. The Kier molecular flexibility index (Phi) is 10.6. The van der Waals surface area contributed by atoms with Crippen LogP contribution in [0.5, 0.6) is 5.75 Å². The zero-order chi connectivity index (χ0) is 26.6. The molecule has 0 bridgehead atoms. The van der Waals surface area contributed by atoms with E-state index in [9.17, 15) is 14.4 Å². The van der Waals surface area contributed by atoms with Crippen molar-refractivity contribution in [3.63, 3.8) is 0 Å². The van der Waals surface area contributed by atoms with Crippen LogP contribution in [-0.2, 0) is 11.2 Å². The number of methoxy groups -OCH3 is 1. The summed E-state index contributed by atoms with van der Waals surface area (Å²) in [5.41, 5.74) is 2.09. The highest BCUT2D eigenvalue weighted by atomic mass is 16.5. The van der Waals surface area contributed by atoms with Gasteiger partial charge in [0.05, 0.1) is 19.3 Å². The summed E-state index contributed by atoms with van der Waals surface area (Å²) in [6.45, 7) is 4.47. The second-order valence-corrected chi connectivity index (χ2v) is 9.08. The van der Waals surface area contributed by atoms with Crippen molar-refractivity contribution in [2.45, 2.75) is 58.8 Å². The SMILES string of the molecule is CCCCCCOC(=O)c1ccc(CCCC)c(C(=O)c2ccccc2)c1C(=O)c1ccc(OC)cc1. The van der Waals surface area contributed by atoms with E-state index in [2.05, 4.69) is 13.8 Å². The molecule has 0 spiro atoms. The Hall–Kier alpha value is -3.73. The van der Waals surface area contributed by atoms with E-state index in [0.29, 0.717) is 23.3 Å². The summed E-state index contributed by atoms with van der Waals surface area (Å²) in [5.74, 6) is -0.641. The van der Waals surface area contributed by atoms with Crippen molar-refractivity contribution in [1.82, 2.24) is 0 Å². The normalized spacial score (nSPS) is 10.7. The van der Waals surface area contributed by atoms with Crippen molar-refractivity contribution in [3.8, 4) is 5.75 Å². The largest absolute Gasteiger partial charge is 0.497 e. The Balaban J connectivity index is 2.14. The number of rotatable bonds is 14. The smallest absolute Gasteiger partial charge is 0.338 e. The monoisotopic (exact) mass is 500 g/mol. The zero-order valence-electron chi connectivity index (χ0n) is 22.0. The molecule has 0 N–H and O–H groups in total. The van der Waals surface area contributed by atoms with E-state index in [0.717, 1.165) is 44.1 Å². The molecule has 194 valence electrons. The van der Waals surface area contributed by atoms with Gasteiger partial charge in [0.25, 0.3) is 0 Å². The molecule has 37 heavy (non-hydrogen) atoms. The van der Waals surface area contributed by atoms with Crippen LogP contribution in [0.1, 0.15) is 100 Å². The minimum Gasteiger partial charge on any atom is -0.497 e. The molecule has 0 atom stereocenters. The number of esters is 1. The van der Waals surface area contributed by atoms with E-state index in [1.807, 2.05) is 6.07 Å². The number of ether oxygens (including phenoxy) is 2. The molecule has 0 saturated carbocycles. The quantitative estimate of drug-likeness (QED) is 0.133. The first-order chi connectivity index (χ1) is 18.0. The summed E-state index contributed by atoms with van der Waals surface area (Å²) >= 11 is 0. The molecule has 0 aromatic heterocycles. The van der Waals surface area contributed by atoms with E-state index in [-0.39, 0.29) is 29.1 Å². The number of hydrogen-bond donors (Lipinski definition) is 0. The highest BCUT2D eigenvalue weighted by Gasteiger charge is 2.29. The minimum atomic E-state index is -0.586. The van der Waals surface area contributed by atoms with Crippen LogP contribution in [0.15, 0.2) is 66.7 Å². The Morgan fingerprint density at radius 3 is 1.97 bits per heavy atom.